The normalized spacial score (nSPS) is 11.3. The summed E-state index contributed by atoms with van der Waals surface area (Å²) in [7, 11) is -3.85. The predicted octanol–water partition coefficient (Wildman–Crippen LogP) is 2.33. The van der Waals surface area contributed by atoms with Crippen molar-refractivity contribution in [3.05, 3.63) is 45.4 Å². The fraction of sp³-hybridized carbons (Fsp3) is 0.182. The number of sulfonamides is 1. The highest BCUT2D eigenvalue weighted by Crippen LogP contribution is 2.28. The van der Waals surface area contributed by atoms with Crippen LogP contribution in [0.15, 0.2) is 29.4 Å². The molecule has 0 spiro atoms. The molecule has 2 aromatic rings. The van der Waals surface area contributed by atoms with Crippen LogP contribution in [0.5, 0.6) is 0 Å². The molecular formula is C11H11ClN4O4S. The average Bonchev–Trinajstić information content (AvgIpc) is 2.87. The number of H-pyrrole nitrogens is 1. The molecule has 21 heavy (non-hydrogen) atoms. The van der Waals surface area contributed by atoms with Crippen molar-refractivity contribution < 1.29 is 13.3 Å². The summed E-state index contributed by atoms with van der Waals surface area (Å²) in [4.78, 5) is 16.6. The van der Waals surface area contributed by atoms with Crippen LogP contribution >= 0.6 is 11.6 Å². The molecule has 1 heterocycles. The van der Waals surface area contributed by atoms with Gasteiger partial charge in [-0.3, -0.25) is 14.8 Å². The number of aromatic amines is 1. The predicted molar refractivity (Wildman–Crippen MR) is 76.9 cm³/mol. The Kier molecular flexibility index (Phi) is 4.14. The number of aryl methyl sites for hydroxylation is 1. The zero-order chi connectivity index (χ0) is 15.6. The van der Waals surface area contributed by atoms with Crippen LogP contribution in [0.2, 0.25) is 5.02 Å². The van der Waals surface area contributed by atoms with Gasteiger partial charge < -0.3 is 4.98 Å². The molecule has 1 aromatic heterocycles. The third-order valence-corrected chi connectivity index (χ3v) is 4.22. The minimum Gasteiger partial charge on any atom is -0.332 e. The van der Waals surface area contributed by atoms with Crippen LogP contribution in [-0.4, -0.2) is 23.3 Å². The number of nitrogens with zero attached hydrogens (tertiary/aromatic N) is 2. The first kappa shape index (κ1) is 15.3. The molecule has 2 rings (SSSR count). The quantitative estimate of drug-likeness (QED) is 0.644. The summed E-state index contributed by atoms with van der Waals surface area (Å²) in [6, 6.07) is 3.57. The standard InChI is InChI=1S/C11H11ClN4O4S/c1-2-10-13-6-11(14-10)21(19,20)15-7-3-4-9(16(17)18)8(12)5-7/h3-6,15H,2H2,1H3,(H,13,14). The molecule has 0 bridgehead atoms. The average molecular weight is 331 g/mol. The van der Waals surface area contributed by atoms with E-state index in [9.17, 15) is 18.5 Å². The monoisotopic (exact) mass is 330 g/mol. The van der Waals surface area contributed by atoms with E-state index in [1.165, 1.54) is 18.3 Å². The fourth-order valence-corrected chi connectivity index (χ4v) is 2.83. The van der Waals surface area contributed by atoms with Gasteiger partial charge in [0.1, 0.15) is 10.8 Å². The molecule has 0 saturated heterocycles. The maximum atomic E-state index is 12.1. The van der Waals surface area contributed by atoms with Crippen LogP contribution in [0.25, 0.3) is 0 Å². The van der Waals surface area contributed by atoms with Crippen LogP contribution in [0.4, 0.5) is 11.4 Å². The molecule has 0 aliphatic heterocycles. The van der Waals surface area contributed by atoms with Crippen molar-refractivity contribution in [3.8, 4) is 0 Å². The van der Waals surface area contributed by atoms with Crippen LogP contribution in [-0.2, 0) is 16.4 Å². The lowest BCUT2D eigenvalue weighted by molar-refractivity contribution is -0.384. The van der Waals surface area contributed by atoms with Crippen LogP contribution in [0.1, 0.15) is 12.7 Å². The van der Waals surface area contributed by atoms with E-state index < -0.39 is 14.9 Å². The highest BCUT2D eigenvalue weighted by atomic mass is 35.5. The lowest BCUT2D eigenvalue weighted by Gasteiger charge is -2.06. The minimum absolute atomic E-state index is 0.0891. The second-order valence-corrected chi connectivity index (χ2v) is 6.13. The Morgan fingerprint density at radius 3 is 2.71 bits per heavy atom. The van der Waals surface area contributed by atoms with Gasteiger partial charge >= 0.3 is 0 Å². The zero-order valence-electron chi connectivity index (χ0n) is 10.8. The molecule has 0 saturated carbocycles. The van der Waals surface area contributed by atoms with Crippen molar-refractivity contribution in [2.45, 2.75) is 18.4 Å². The molecule has 112 valence electrons. The number of hydrogen-bond acceptors (Lipinski definition) is 5. The van der Waals surface area contributed by atoms with E-state index in [4.69, 9.17) is 11.6 Å². The van der Waals surface area contributed by atoms with Crippen molar-refractivity contribution >= 4 is 33.0 Å². The van der Waals surface area contributed by atoms with E-state index in [1.54, 1.807) is 0 Å². The summed E-state index contributed by atoms with van der Waals surface area (Å²) in [6.45, 7) is 1.83. The maximum Gasteiger partial charge on any atom is 0.288 e. The van der Waals surface area contributed by atoms with E-state index in [1.807, 2.05) is 6.92 Å². The van der Waals surface area contributed by atoms with Gasteiger partial charge in [-0.1, -0.05) is 18.5 Å². The third-order valence-electron chi connectivity index (χ3n) is 2.63. The summed E-state index contributed by atoms with van der Waals surface area (Å²) < 4.78 is 26.5. The van der Waals surface area contributed by atoms with Gasteiger partial charge in [0.25, 0.3) is 15.7 Å². The molecule has 0 aliphatic carbocycles. The molecule has 0 atom stereocenters. The van der Waals surface area contributed by atoms with Gasteiger partial charge in [-0.2, -0.15) is 8.42 Å². The van der Waals surface area contributed by atoms with Gasteiger partial charge in [-0.25, -0.2) is 4.98 Å². The van der Waals surface area contributed by atoms with Crippen molar-refractivity contribution in [2.75, 3.05) is 4.72 Å². The number of nitro benzene ring substituents is 1. The van der Waals surface area contributed by atoms with Crippen LogP contribution < -0.4 is 4.72 Å². The molecule has 0 aliphatic rings. The molecule has 10 heteroatoms. The van der Waals surface area contributed by atoms with Gasteiger partial charge in [0.05, 0.1) is 16.8 Å². The second kappa shape index (κ2) is 5.70. The van der Waals surface area contributed by atoms with Gasteiger partial charge in [0.2, 0.25) is 0 Å². The third kappa shape index (κ3) is 3.31. The van der Waals surface area contributed by atoms with E-state index in [-0.39, 0.29) is 21.4 Å². The number of imidazole rings is 1. The number of anilines is 1. The van der Waals surface area contributed by atoms with Gasteiger partial charge in [0.15, 0.2) is 5.03 Å². The molecule has 8 nitrogen and oxygen atoms in total. The number of benzene rings is 1. The first-order chi connectivity index (χ1) is 9.83. The minimum atomic E-state index is -3.85. The maximum absolute atomic E-state index is 12.1. The van der Waals surface area contributed by atoms with E-state index in [0.717, 1.165) is 6.07 Å². The number of nitrogens with one attached hydrogen (secondary N) is 2. The van der Waals surface area contributed by atoms with Crippen molar-refractivity contribution in [1.29, 1.82) is 0 Å². The van der Waals surface area contributed by atoms with Crippen LogP contribution in [0.3, 0.4) is 0 Å². The van der Waals surface area contributed by atoms with Gasteiger partial charge in [0, 0.05) is 12.5 Å². The Morgan fingerprint density at radius 1 is 1.48 bits per heavy atom. The lowest BCUT2D eigenvalue weighted by Crippen LogP contribution is -2.13. The molecule has 1 aromatic carbocycles. The van der Waals surface area contributed by atoms with E-state index in [0.29, 0.717) is 12.2 Å². The number of hydrogen-bond donors (Lipinski definition) is 2. The topological polar surface area (TPSA) is 118 Å². The summed E-state index contributed by atoms with van der Waals surface area (Å²) >= 11 is 5.73. The summed E-state index contributed by atoms with van der Waals surface area (Å²) in [6.07, 6.45) is 1.77. The Hall–Kier alpha value is -2.13. The lowest BCUT2D eigenvalue weighted by atomic mass is 10.3. The largest absolute Gasteiger partial charge is 0.332 e. The molecular weight excluding hydrogens is 320 g/mol. The first-order valence-corrected chi connectivity index (χ1v) is 7.70. The molecule has 0 fully saturated rings. The van der Waals surface area contributed by atoms with Crippen molar-refractivity contribution in [2.24, 2.45) is 0 Å². The number of halogens is 1. The Morgan fingerprint density at radius 2 is 2.19 bits per heavy atom. The number of nitro groups is 1. The van der Waals surface area contributed by atoms with Gasteiger partial charge in [-0.15, -0.1) is 0 Å². The summed E-state index contributed by atoms with van der Waals surface area (Å²) in [5, 5.41) is 10.4. The van der Waals surface area contributed by atoms with Crippen molar-refractivity contribution in [1.82, 2.24) is 9.97 Å². The number of aromatic nitrogens is 2. The molecule has 0 amide bonds. The highest BCUT2D eigenvalue weighted by molar-refractivity contribution is 7.92. The smallest absolute Gasteiger partial charge is 0.288 e. The molecule has 2 N–H and O–H groups in total. The Balaban J connectivity index is 2.28. The fourth-order valence-electron chi connectivity index (χ4n) is 1.59. The highest BCUT2D eigenvalue weighted by Gasteiger charge is 2.19. The first-order valence-electron chi connectivity index (χ1n) is 5.84. The van der Waals surface area contributed by atoms with Gasteiger partial charge in [-0.05, 0) is 12.1 Å². The van der Waals surface area contributed by atoms with E-state index in [2.05, 4.69) is 14.7 Å². The summed E-state index contributed by atoms with van der Waals surface area (Å²) in [5.74, 6) is 0.539. The number of rotatable bonds is 5. The van der Waals surface area contributed by atoms with Crippen LogP contribution in [0, 0.1) is 10.1 Å². The molecule has 0 unspecified atom stereocenters. The summed E-state index contributed by atoms with van der Waals surface area (Å²) in [5.41, 5.74) is -0.173. The second-order valence-electron chi connectivity index (χ2n) is 4.08. The SMILES string of the molecule is CCc1ncc(S(=O)(=O)Nc2ccc([N+](=O)[O-])c(Cl)c2)[nH]1. The Bertz CT molecular complexity index is 787. The van der Waals surface area contributed by atoms with E-state index >= 15 is 0 Å². The van der Waals surface area contributed by atoms with Crippen molar-refractivity contribution in [3.63, 3.8) is 0 Å². The zero-order valence-corrected chi connectivity index (χ0v) is 12.4. The Labute approximate surface area is 125 Å². The molecule has 0 radical (unpaired) electrons.